The van der Waals surface area contributed by atoms with Crippen LogP contribution in [0.15, 0.2) is 0 Å². The van der Waals surface area contributed by atoms with Gasteiger partial charge in [0.15, 0.2) is 5.82 Å². The summed E-state index contributed by atoms with van der Waals surface area (Å²) in [5.41, 5.74) is 0.593. The standard InChI is InChI=1S/C31H53N3O2/c1-8-20-24-17-19(35)13-15-31(24,7)23-14-16-30(6)21(10-11-22(30)26(23)27(20)36)18(2)9-12-25-32-28(34-33-25)29(3,4)5/h18-24,26-27,35-36H,8-17H2,1-7H3,(H,32,33,34)/t18-,19-,20-,21-,22+,23+,24+,26+,27-,30-,31-/m1/s1. The Morgan fingerprint density at radius 2 is 1.69 bits per heavy atom. The van der Waals surface area contributed by atoms with Crippen LogP contribution in [-0.4, -0.2) is 37.6 Å². The Balaban J connectivity index is 1.33. The third kappa shape index (κ3) is 4.19. The van der Waals surface area contributed by atoms with E-state index in [0.717, 1.165) is 56.1 Å². The fraction of sp³-hybridized carbons (Fsp3) is 0.935. The number of rotatable bonds is 5. The second kappa shape index (κ2) is 9.36. The average Bonchev–Trinajstić information content (AvgIpc) is 3.43. The lowest BCUT2D eigenvalue weighted by atomic mass is 9.41. The van der Waals surface area contributed by atoms with Crippen LogP contribution in [0.1, 0.15) is 118 Å². The predicted molar refractivity (Wildman–Crippen MR) is 144 cm³/mol. The number of hydrogen-bond donors (Lipinski definition) is 3. The van der Waals surface area contributed by atoms with Gasteiger partial charge in [-0.25, -0.2) is 4.98 Å². The summed E-state index contributed by atoms with van der Waals surface area (Å²) < 4.78 is 0. The number of aliphatic hydroxyl groups excluding tert-OH is 2. The number of aromatic nitrogens is 3. The smallest absolute Gasteiger partial charge is 0.155 e. The Hall–Kier alpha value is -0.940. The molecule has 0 amide bonds. The van der Waals surface area contributed by atoms with E-state index < -0.39 is 0 Å². The molecule has 5 heteroatoms. The lowest BCUT2D eigenvalue weighted by molar-refractivity contribution is -0.203. The monoisotopic (exact) mass is 499 g/mol. The number of hydrogen-bond acceptors (Lipinski definition) is 4. The minimum Gasteiger partial charge on any atom is -0.393 e. The van der Waals surface area contributed by atoms with E-state index in [-0.39, 0.29) is 23.0 Å². The van der Waals surface area contributed by atoms with Crippen LogP contribution in [0.5, 0.6) is 0 Å². The number of H-pyrrole nitrogens is 1. The summed E-state index contributed by atoms with van der Waals surface area (Å²) in [6.45, 7) is 16.4. The highest BCUT2D eigenvalue weighted by Gasteiger charge is 2.64. The first-order chi connectivity index (χ1) is 16.9. The summed E-state index contributed by atoms with van der Waals surface area (Å²) >= 11 is 0. The fourth-order valence-corrected chi connectivity index (χ4v) is 10.2. The highest BCUT2D eigenvalue weighted by molar-refractivity contribution is 5.13. The van der Waals surface area contributed by atoms with Crippen molar-refractivity contribution in [1.82, 2.24) is 15.2 Å². The van der Waals surface area contributed by atoms with Crippen LogP contribution >= 0.6 is 0 Å². The van der Waals surface area contributed by atoms with Gasteiger partial charge >= 0.3 is 0 Å². The topological polar surface area (TPSA) is 82.0 Å². The fourth-order valence-electron chi connectivity index (χ4n) is 10.2. The van der Waals surface area contributed by atoms with Gasteiger partial charge in [-0.05, 0) is 104 Å². The summed E-state index contributed by atoms with van der Waals surface area (Å²) in [6, 6.07) is 0. The van der Waals surface area contributed by atoms with E-state index in [2.05, 4.69) is 58.7 Å². The molecule has 5 rings (SSSR count). The van der Waals surface area contributed by atoms with Gasteiger partial charge < -0.3 is 10.2 Å². The van der Waals surface area contributed by atoms with Crippen molar-refractivity contribution < 1.29 is 10.2 Å². The van der Waals surface area contributed by atoms with Gasteiger partial charge in [0.25, 0.3) is 0 Å². The molecule has 4 aliphatic carbocycles. The van der Waals surface area contributed by atoms with Gasteiger partial charge in [-0.3, -0.25) is 5.10 Å². The maximum atomic E-state index is 11.9. The van der Waals surface area contributed by atoms with Crippen molar-refractivity contribution in [3.63, 3.8) is 0 Å². The molecule has 11 atom stereocenters. The lowest BCUT2D eigenvalue weighted by Gasteiger charge is -2.64. The molecule has 1 aromatic heterocycles. The zero-order valence-electron chi connectivity index (χ0n) is 24.1. The van der Waals surface area contributed by atoms with E-state index in [0.29, 0.717) is 40.9 Å². The Labute approximate surface area is 219 Å². The van der Waals surface area contributed by atoms with Gasteiger partial charge in [0.1, 0.15) is 5.82 Å². The second-order valence-electron chi connectivity index (χ2n) is 15.0. The van der Waals surface area contributed by atoms with E-state index in [1.165, 1.54) is 25.7 Å². The van der Waals surface area contributed by atoms with E-state index in [4.69, 9.17) is 4.98 Å². The number of nitrogens with zero attached hydrogens (tertiary/aromatic N) is 2. The molecule has 0 bridgehead atoms. The third-order valence-electron chi connectivity index (χ3n) is 12.2. The first kappa shape index (κ1) is 26.7. The summed E-state index contributed by atoms with van der Waals surface area (Å²) in [6.07, 6.45) is 10.9. The molecule has 0 aromatic carbocycles. The van der Waals surface area contributed by atoms with Crippen molar-refractivity contribution in [3.05, 3.63) is 11.6 Å². The Morgan fingerprint density at radius 1 is 1.00 bits per heavy atom. The molecule has 4 saturated carbocycles. The van der Waals surface area contributed by atoms with Crippen molar-refractivity contribution in [3.8, 4) is 0 Å². The molecular weight excluding hydrogens is 446 g/mol. The van der Waals surface area contributed by atoms with Gasteiger partial charge in [-0.2, -0.15) is 5.10 Å². The molecule has 0 saturated heterocycles. The maximum absolute atomic E-state index is 11.9. The van der Waals surface area contributed by atoms with E-state index in [9.17, 15) is 10.2 Å². The Bertz CT molecular complexity index is 923. The van der Waals surface area contributed by atoms with Gasteiger partial charge in [-0.1, -0.05) is 54.9 Å². The third-order valence-corrected chi connectivity index (χ3v) is 12.2. The normalized spacial score (nSPS) is 45.6. The number of aromatic amines is 1. The van der Waals surface area contributed by atoms with Crippen molar-refractivity contribution in [2.75, 3.05) is 0 Å². The van der Waals surface area contributed by atoms with Crippen molar-refractivity contribution in [2.24, 2.45) is 52.3 Å². The zero-order chi connectivity index (χ0) is 26.0. The van der Waals surface area contributed by atoms with Crippen molar-refractivity contribution >= 4 is 0 Å². The SMILES string of the molecule is CC[C@H]1[C@@H](O)[C@@H]2[C@H](CC[C@]3(C)[C@@H]([C@H](C)CCc4nc(C(C)(C)C)n[nH]4)CC[C@@H]23)[C@@]2(C)CC[C@@H](O)C[C@@H]12. The molecule has 0 spiro atoms. The van der Waals surface area contributed by atoms with Gasteiger partial charge in [0.2, 0.25) is 0 Å². The molecule has 1 aromatic rings. The van der Waals surface area contributed by atoms with Crippen molar-refractivity contribution in [1.29, 1.82) is 0 Å². The molecule has 204 valence electrons. The molecule has 3 N–H and O–H groups in total. The first-order valence-corrected chi connectivity index (χ1v) is 15.2. The summed E-state index contributed by atoms with van der Waals surface area (Å²) in [4.78, 5) is 4.79. The largest absolute Gasteiger partial charge is 0.393 e. The molecule has 36 heavy (non-hydrogen) atoms. The van der Waals surface area contributed by atoms with Crippen LogP contribution in [0, 0.1) is 52.3 Å². The molecule has 0 unspecified atom stereocenters. The molecule has 0 radical (unpaired) electrons. The highest BCUT2D eigenvalue weighted by Crippen LogP contribution is 2.69. The van der Waals surface area contributed by atoms with Gasteiger partial charge in [0, 0.05) is 11.8 Å². The minimum absolute atomic E-state index is 0.0194. The molecule has 5 nitrogen and oxygen atoms in total. The van der Waals surface area contributed by atoms with Crippen LogP contribution in [0.2, 0.25) is 0 Å². The molecule has 4 fully saturated rings. The van der Waals surface area contributed by atoms with Crippen LogP contribution in [0.3, 0.4) is 0 Å². The second-order valence-corrected chi connectivity index (χ2v) is 15.0. The number of aliphatic hydroxyl groups is 2. The Kier molecular flexibility index (Phi) is 6.93. The highest BCUT2D eigenvalue weighted by atomic mass is 16.3. The van der Waals surface area contributed by atoms with E-state index >= 15 is 0 Å². The number of nitrogens with one attached hydrogen (secondary N) is 1. The van der Waals surface area contributed by atoms with Crippen LogP contribution in [0.4, 0.5) is 0 Å². The van der Waals surface area contributed by atoms with Crippen molar-refractivity contribution in [2.45, 2.75) is 130 Å². The molecule has 1 heterocycles. The van der Waals surface area contributed by atoms with E-state index in [1.807, 2.05) is 0 Å². The van der Waals surface area contributed by atoms with Crippen LogP contribution in [0.25, 0.3) is 0 Å². The van der Waals surface area contributed by atoms with Gasteiger partial charge in [-0.15, -0.1) is 0 Å². The maximum Gasteiger partial charge on any atom is 0.155 e. The summed E-state index contributed by atoms with van der Waals surface area (Å²) in [5, 5.41) is 30.1. The molecular formula is C31H53N3O2. The summed E-state index contributed by atoms with van der Waals surface area (Å²) in [7, 11) is 0. The lowest BCUT2D eigenvalue weighted by Crippen LogP contribution is -2.62. The van der Waals surface area contributed by atoms with Crippen LogP contribution < -0.4 is 0 Å². The predicted octanol–water partition coefficient (Wildman–Crippen LogP) is 6.30. The minimum atomic E-state index is -0.202. The molecule has 4 aliphatic rings. The summed E-state index contributed by atoms with van der Waals surface area (Å²) in [5.74, 6) is 5.81. The molecule has 0 aliphatic heterocycles. The first-order valence-electron chi connectivity index (χ1n) is 15.2. The number of aryl methyl sites for hydroxylation is 1. The van der Waals surface area contributed by atoms with Gasteiger partial charge in [0.05, 0.1) is 12.2 Å². The quantitative estimate of drug-likeness (QED) is 0.444. The number of fused-ring (bicyclic) bond motifs is 5. The van der Waals surface area contributed by atoms with E-state index in [1.54, 1.807) is 0 Å². The average molecular weight is 500 g/mol. The zero-order valence-corrected chi connectivity index (χ0v) is 24.1. The van der Waals surface area contributed by atoms with Crippen LogP contribution in [-0.2, 0) is 11.8 Å². The Morgan fingerprint density at radius 3 is 2.36 bits per heavy atom.